The van der Waals surface area contributed by atoms with Crippen molar-refractivity contribution in [3.63, 3.8) is 0 Å². The molecule has 39 heavy (non-hydrogen) atoms. The van der Waals surface area contributed by atoms with Crippen molar-refractivity contribution in [2.24, 2.45) is 0 Å². The van der Waals surface area contributed by atoms with Gasteiger partial charge in [-0.3, -0.25) is 9.59 Å². The number of nitrogens with one attached hydrogen (secondary N) is 1. The third-order valence-corrected chi connectivity index (χ3v) is 7.42. The predicted octanol–water partition coefficient (Wildman–Crippen LogP) is 6.50. The highest BCUT2D eigenvalue weighted by Gasteiger charge is 2.31. The second kappa shape index (κ2) is 14.8. The first kappa shape index (κ1) is 30.3. The van der Waals surface area contributed by atoms with Crippen molar-refractivity contribution >= 4 is 35.0 Å². The molecule has 0 aromatic heterocycles. The molecule has 0 radical (unpaired) electrons. The first-order valence-corrected chi connectivity index (χ1v) is 13.8. The maximum Gasteiger partial charge on any atom is 0.243 e. The van der Waals surface area contributed by atoms with Gasteiger partial charge in [-0.2, -0.15) is 0 Å². The Morgan fingerprint density at radius 2 is 1.56 bits per heavy atom. The number of rotatable bonds is 13. The average Bonchev–Trinajstić information content (AvgIpc) is 2.95. The Kier molecular flexibility index (Phi) is 11.5. The Balaban J connectivity index is 1.93. The first-order valence-electron chi connectivity index (χ1n) is 13.0. The van der Waals surface area contributed by atoms with Crippen LogP contribution in [0.5, 0.6) is 11.5 Å². The van der Waals surface area contributed by atoms with E-state index in [-0.39, 0.29) is 30.8 Å². The largest absolute Gasteiger partial charge is 0.493 e. The molecular weight excluding hydrogens is 535 g/mol. The zero-order valence-electron chi connectivity index (χ0n) is 22.9. The maximum atomic E-state index is 13.9. The standard InChI is InChI=1S/C31H36Cl2N2O4/c1-5-21(2)34-31(37)27(18-22-9-7-6-8-10-22)35(20-24-11-14-25(32)26(33)17-24)30(36)16-13-23-12-15-28(38-3)29(19-23)39-4/h6-12,14-15,17,19,21,27H,5,13,16,18,20H2,1-4H3,(H,34,37). The molecule has 0 aliphatic heterocycles. The van der Waals surface area contributed by atoms with Crippen LogP contribution in [-0.2, 0) is 29.0 Å². The highest BCUT2D eigenvalue weighted by Crippen LogP contribution is 2.29. The second-order valence-electron chi connectivity index (χ2n) is 9.48. The van der Waals surface area contributed by atoms with E-state index >= 15 is 0 Å². The van der Waals surface area contributed by atoms with Gasteiger partial charge >= 0.3 is 0 Å². The van der Waals surface area contributed by atoms with Crippen LogP contribution < -0.4 is 14.8 Å². The minimum Gasteiger partial charge on any atom is -0.493 e. The third-order valence-electron chi connectivity index (χ3n) is 6.68. The lowest BCUT2D eigenvalue weighted by molar-refractivity contribution is -0.141. The smallest absolute Gasteiger partial charge is 0.243 e. The number of halogens is 2. The SMILES string of the molecule is CCC(C)NC(=O)C(Cc1ccccc1)N(Cc1ccc(Cl)c(Cl)c1)C(=O)CCc1ccc(OC)c(OC)c1. The van der Waals surface area contributed by atoms with Crippen LogP contribution in [0.25, 0.3) is 0 Å². The minimum atomic E-state index is -0.714. The van der Waals surface area contributed by atoms with Gasteiger partial charge in [-0.15, -0.1) is 0 Å². The molecule has 0 saturated carbocycles. The summed E-state index contributed by atoms with van der Waals surface area (Å²) < 4.78 is 10.7. The van der Waals surface area contributed by atoms with Gasteiger partial charge in [-0.05, 0) is 60.7 Å². The molecule has 0 spiro atoms. The van der Waals surface area contributed by atoms with E-state index < -0.39 is 6.04 Å². The van der Waals surface area contributed by atoms with Crippen molar-refractivity contribution in [1.29, 1.82) is 0 Å². The molecule has 0 heterocycles. The fraction of sp³-hybridized carbons (Fsp3) is 0.355. The van der Waals surface area contributed by atoms with Gasteiger partial charge in [-0.25, -0.2) is 0 Å². The summed E-state index contributed by atoms with van der Waals surface area (Å²) >= 11 is 12.4. The molecule has 2 unspecified atom stereocenters. The summed E-state index contributed by atoms with van der Waals surface area (Å²) in [5.74, 6) is 0.896. The summed E-state index contributed by atoms with van der Waals surface area (Å²) in [7, 11) is 3.16. The van der Waals surface area contributed by atoms with Crippen LogP contribution in [0, 0.1) is 0 Å². The molecule has 0 aliphatic rings. The lowest BCUT2D eigenvalue weighted by atomic mass is 10.0. The normalized spacial score (nSPS) is 12.4. The molecule has 0 aliphatic carbocycles. The molecule has 2 atom stereocenters. The summed E-state index contributed by atoms with van der Waals surface area (Å²) in [6.07, 6.45) is 1.84. The van der Waals surface area contributed by atoms with E-state index in [2.05, 4.69) is 5.32 Å². The molecule has 208 valence electrons. The number of hydrogen-bond acceptors (Lipinski definition) is 4. The molecule has 0 saturated heterocycles. The lowest BCUT2D eigenvalue weighted by Gasteiger charge is -2.32. The van der Waals surface area contributed by atoms with E-state index in [1.54, 1.807) is 31.3 Å². The van der Waals surface area contributed by atoms with Crippen molar-refractivity contribution in [2.45, 2.75) is 58.2 Å². The highest BCUT2D eigenvalue weighted by atomic mass is 35.5. The number of hydrogen-bond donors (Lipinski definition) is 1. The maximum absolute atomic E-state index is 13.9. The zero-order valence-corrected chi connectivity index (χ0v) is 24.4. The summed E-state index contributed by atoms with van der Waals surface area (Å²) in [5.41, 5.74) is 2.69. The van der Waals surface area contributed by atoms with E-state index in [0.717, 1.165) is 23.1 Å². The van der Waals surface area contributed by atoms with E-state index in [9.17, 15) is 9.59 Å². The van der Waals surface area contributed by atoms with Crippen molar-refractivity contribution in [3.05, 3.63) is 93.5 Å². The molecule has 3 rings (SSSR count). The second-order valence-corrected chi connectivity index (χ2v) is 10.3. The Bertz CT molecular complexity index is 1250. The molecule has 0 fully saturated rings. The molecule has 3 aromatic carbocycles. The average molecular weight is 572 g/mol. The van der Waals surface area contributed by atoms with Gasteiger partial charge in [0.15, 0.2) is 11.5 Å². The summed E-state index contributed by atoms with van der Waals surface area (Å²) in [6.45, 7) is 4.19. The van der Waals surface area contributed by atoms with Gasteiger partial charge in [0.25, 0.3) is 0 Å². The van der Waals surface area contributed by atoms with Crippen molar-refractivity contribution in [2.75, 3.05) is 14.2 Å². The number of benzene rings is 3. The van der Waals surface area contributed by atoms with Gasteiger partial charge < -0.3 is 19.7 Å². The topological polar surface area (TPSA) is 67.9 Å². The van der Waals surface area contributed by atoms with Crippen LogP contribution in [-0.4, -0.2) is 43.0 Å². The van der Waals surface area contributed by atoms with Gasteiger partial charge in [0, 0.05) is 25.4 Å². The molecule has 1 N–H and O–H groups in total. The van der Waals surface area contributed by atoms with Crippen molar-refractivity contribution in [3.8, 4) is 11.5 Å². The quantitative estimate of drug-likeness (QED) is 0.255. The molecule has 6 nitrogen and oxygen atoms in total. The van der Waals surface area contributed by atoms with Gasteiger partial charge in [0.2, 0.25) is 11.8 Å². The van der Waals surface area contributed by atoms with Crippen LogP contribution in [0.3, 0.4) is 0 Å². The fourth-order valence-corrected chi connectivity index (χ4v) is 4.58. The van der Waals surface area contributed by atoms with Crippen molar-refractivity contribution in [1.82, 2.24) is 10.2 Å². The predicted molar refractivity (Wildman–Crippen MR) is 157 cm³/mol. The van der Waals surface area contributed by atoms with Gasteiger partial charge in [0.05, 0.1) is 24.3 Å². The van der Waals surface area contributed by atoms with Crippen LogP contribution in [0.15, 0.2) is 66.7 Å². The van der Waals surface area contributed by atoms with E-state index in [1.165, 1.54) is 0 Å². The number of carbonyl (C=O) groups excluding carboxylic acids is 2. The van der Waals surface area contributed by atoms with E-state index in [4.69, 9.17) is 32.7 Å². The van der Waals surface area contributed by atoms with E-state index in [1.807, 2.05) is 68.4 Å². The zero-order chi connectivity index (χ0) is 28.4. The molecule has 3 aromatic rings. The number of carbonyl (C=O) groups is 2. The number of amides is 2. The number of nitrogens with zero attached hydrogens (tertiary/aromatic N) is 1. The van der Waals surface area contributed by atoms with Crippen LogP contribution in [0.2, 0.25) is 10.0 Å². The number of aryl methyl sites for hydroxylation is 1. The van der Waals surface area contributed by atoms with E-state index in [0.29, 0.717) is 34.4 Å². The van der Waals surface area contributed by atoms with Crippen LogP contribution >= 0.6 is 23.2 Å². The lowest BCUT2D eigenvalue weighted by Crippen LogP contribution is -2.52. The fourth-order valence-electron chi connectivity index (χ4n) is 4.26. The Hall–Kier alpha value is -3.22. The summed E-state index contributed by atoms with van der Waals surface area (Å²) in [4.78, 5) is 29.2. The Morgan fingerprint density at radius 1 is 0.872 bits per heavy atom. The first-order chi connectivity index (χ1) is 18.7. The summed E-state index contributed by atoms with van der Waals surface area (Å²) in [6, 6.07) is 19.9. The molecular formula is C31H36Cl2N2O4. The number of ether oxygens (including phenoxy) is 2. The molecule has 8 heteroatoms. The van der Waals surface area contributed by atoms with Crippen molar-refractivity contribution < 1.29 is 19.1 Å². The molecule has 2 amide bonds. The van der Waals surface area contributed by atoms with Gasteiger partial charge in [0.1, 0.15) is 6.04 Å². The Morgan fingerprint density at radius 3 is 2.21 bits per heavy atom. The molecule has 0 bridgehead atoms. The summed E-state index contributed by atoms with van der Waals surface area (Å²) in [5, 5.41) is 3.91. The number of methoxy groups -OCH3 is 2. The van der Waals surface area contributed by atoms with Crippen LogP contribution in [0.1, 0.15) is 43.4 Å². The van der Waals surface area contributed by atoms with Crippen LogP contribution in [0.4, 0.5) is 0 Å². The Labute approximate surface area is 241 Å². The minimum absolute atomic E-state index is 0.0236. The highest BCUT2D eigenvalue weighted by molar-refractivity contribution is 6.42. The van der Waals surface area contributed by atoms with Gasteiger partial charge in [-0.1, -0.05) is 72.6 Å². The third kappa shape index (κ3) is 8.64. The monoisotopic (exact) mass is 570 g/mol.